The second-order valence-corrected chi connectivity index (χ2v) is 5.52. The number of aromatic nitrogens is 2. The third-order valence-corrected chi connectivity index (χ3v) is 3.56. The highest BCUT2D eigenvalue weighted by atomic mass is 19.1. The average Bonchev–Trinajstić information content (AvgIpc) is 3.12. The van der Waals surface area contributed by atoms with E-state index in [9.17, 15) is 9.18 Å². The minimum atomic E-state index is -0.326. The zero-order valence-corrected chi connectivity index (χ0v) is 14.0. The highest BCUT2D eigenvalue weighted by molar-refractivity contribution is 5.75. The van der Waals surface area contributed by atoms with E-state index in [-0.39, 0.29) is 18.1 Å². The van der Waals surface area contributed by atoms with E-state index in [1.807, 2.05) is 30.3 Å². The second-order valence-electron chi connectivity index (χ2n) is 5.52. The van der Waals surface area contributed by atoms with E-state index in [0.29, 0.717) is 36.9 Å². The van der Waals surface area contributed by atoms with Crippen molar-refractivity contribution in [1.29, 1.82) is 0 Å². The van der Waals surface area contributed by atoms with Gasteiger partial charge in [0.2, 0.25) is 17.7 Å². The quantitative estimate of drug-likeness (QED) is 0.672. The summed E-state index contributed by atoms with van der Waals surface area (Å²) in [4.78, 5) is 11.8. The maximum Gasteiger partial charge on any atom is 0.247 e. The smallest absolute Gasteiger partial charge is 0.247 e. The molecule has 134 valence electrons. The zero-order chi connectivity index (χ0) is 18.2. The number of hydrogen-bond donors (Lipinski definition) is 1. The third kappa shape index (κ3) is 5.14. The molecule has 0 spiro atoms. The van der Waals surface area contributed by atoms with Gasteiger partial charge in [-0.3, -0.25) is 4.79 Å². The van der Waals surface area contributed by atoms with Crippen molar-refractivity contribution >= 4 is 5.91 Å². The first-order valence-corrected chi connectivity index (χ1v) is 8.23. The van der Waals surface area contributed by atoms with E-state index in [2.05, 4.69) is 15.5 Å². The normalized spacial score (nSPS) is 10.5. The minimum absolute atomic E-state index is 0.112. The van der Waals surface area contributed by atoms with Gasteiger partial charge in [0.25, 0.3) is 0 Å². The SMILES string of the molecule is O=C(CCOc1ccccc1)NCCc1nnc(-c2ccc(F)cc2)o1. The summed E-state index contributed by atoms with van der Waals surface area (Å²) in [6.45, 7) is 0.695. The molecule has 1 heterocycles. The first kappa shape index (κ1) is 17.6. The molecule has 0 atom stereocenters. The lowest BCUT2D eigenvalue weighted by atomic mass is 10.2. The first-order chi connectivity index (χ1) is 12.7. The Labute approximate surface area is 150 Å². The summed E-state index contributed by atoms with van der Waals surface area (Å²) in [5.41, 5.74) is 0.646. The summed E-state index contributed by atoms with van der Waals surface area (Å²) in [5.74, 6) is 1.03. The number of carbonyl (C=O) groups excluding carboxylic acids is 1. The van der Waals surface area contributed by atoms with Gasteiger partial charge in [-0.2, -0.15) is 0 Å². The van der Waals surface area contributed by atoms with Crippen LogP contribution in [0.1, 0.15) is 12.3 Å². The van der Waals surface area contributed by atoms with Crippen LogP contribution in [0.3, 0.4) is 0 Å². The lowest BCUT2D eigenvalue weighted by Crippen LogP contribution is -2.27. The number of amides is 1. The van der Waals surface area contributed by atoms with Crippen LogP contribution in [0.25, 0.3) is 11.5 Å². The lowest BCUT2D eigenvalue weighted by Gasteiger charge is -2.06. The number of carbonyl (C=O) groups is 1. The van der Waals surface area contributed by atoms with Crippen molar-refractivity contribution in [1.82, 2.24) is 15.5 Å². The summed E-state index contributed by atoms with van der Waals surface area (Å²) in [6.07, 6.45) is 0.680. The van der Waals surface area contributed by atoms with Crippen molar-refractivity contribution in [3.63, 3.8) is 0 Å². The summed E-state index contributed by atoms with van der Waals surface area (Å²) >= 11 is 0. The molecule has 1 amide bonds. The standard InChI is InChI=1S/C19H18FN3O3/c20-15-8-6-14(7-9-15)19-23-22-18(26-19)10-12-21-17(24)11-13-25-16-4-2-1-3-5-16/h1-9H,10-13H2,(H,21,24). The molecule has 7 heteroatoms. The molecule has 1 N–H and O–H groups in total. The van der Waals surface area contributed by atoms with E-state index in [1.165, 1.54) is 12.1 Å². The molecule has 0 bridgehead atoms. The van der Waals surface area contributed by atoms with Gasteiger partial charge in [-0.15, -0.1) is 10.2 Å². The Morgan fingerprint density at radius 2 is 1.85 bits per heavy atom. The molecule has 26 heavy (non-hydrogen) atoms. The Morgan fingerprint density at radius 3 is 2.62 bits per heavy atom. The Kier molecular flexibility index (Phi) is 5.92. The Morgan fingerprint density at radius 1 is 1.08 bits per heavy atom. The Bertz CT molecular complexity index is 835. The van der Waals surface area contributed by atoms with Crippen LogP contribution < -0.4 is 10.1 Å². The predicted octanol–water partition coefficient (Wildman–Crippen LogP) is 3.00. The third-order valence-electron chi connectivity index (χ3n) is 3.56. The van der Waals surface area contributed by atoms with Crippen molar-refractivity contribution in [3.05, 3.63) is 66.3 Å². The molecule has 2 aromatic carbocycles. The van der Waals surface area contributed by atoms with E-state index in [1.54, 1.807) is 12.1 Å². The summed E-state index contributed by atoms with van der Waals surface area (Å²) in [6, 6.07) is 15.1. The molecular formula is C19H18FN3O3. The van der Waals surface area contributed by atoms with Crippen molar-refractivity contribution < 1.29 is 18.3 Å². The number of rotatable bonds is 8. The monoisotopic (exact) mass is 355 g/mol. The number of hydrogen-bond acceptors (Lipinski definition) is 5. The van der Waals surface area contributed by atoms with Crippen LogP contribution in [0, 0.1) is 5.82 Å². The molecule has 0 unspecified atom stereocenters. The molecule has 0 aliphatic rings. The van der Waals surface area contributed by atoms with Crippen molar-refractivity contribution in [2.75, 3.05) is 13.2 Å². The number of nitrogens with one attached hydrogen (secondary N) is 1. The molecule has 0 radical (unpaired) electrons. The summed E-state index contributed by atoms with van der Waals surface area (Å²) in [5, 5.41) is 10.6. The maximum atomic E-state index is 12.9. The highest BCUT2D eigenvalue weighted by Crippen LogP contribution is 2.18. The van der Waals surface area contributed by atoms with Crippen molar-refractivity contribution in [2.45, 2.75) is 12.8 Å². The molecule has 6 nitrogen and oxygen atoms in total. The van der Waals surface area contributed by atoms with Gasteiger partial charge in [-0.05, 0) is 36.4 Å². The van der Waals surface area contributed by atoms with Gasteiger partial charge in [0.15, 0.2) is 0 Å². The van der Waals surface area contributed by atoms with Crippen LogP contribution in [-0.2, 0) is 11.2 Å². The molecule has 3 rings (SSSR count). The van der Waals surface area contributed by atoms with Crippen LogP contribution >= 0.6 is 0 Å². The van der Waals surface area contributed by atoms with Crippen molar-refractivity contribution in [2.24, 2.45) is 0 Å². The van der Waals surface area contributed by atoms with Gasteiger partial charge in [0, 0.05) is 18.5 Å². The van der Waals surface area contributed by atoms with Crippen LogP contribution in [0.2, 0.25) is 0 Å². The van der Waals surface area contributed by atoms with E-state index < -0.39 is 0 Å². The van der Waals surface area contributed by atoms with Crippen LogP contribution in [-0.4, -0.2) is 29.3 Å². The molecule has 3 aromatic rings. The summed E-state index contributed by atoms with van der Waals surface area (Å²) in [7, 11) is 0. The number of benzene rings is 2. The van der Waals surface area contributed by atoms with Gasteiger partial charge in [0.05, 0.1) is 13.0 Å². The van der Waals surface area contributed by atoms with Gasteiger partial charge in [-0.25, -0.2) is 4.39 Å². The largest absolute Gasteiger partial charge is 0.493 e. The molecule has 0 aliphatic carbocycles. The van der Waals surface area contributed by atoms with Gasteiger partial charge >= 0.3 is 0 Å². The van der Waals surface area contributed by atoms with E-state index in [0.717, 1.165) is 5.75 Å². The van der Waals surface area contributed by atoms with Gasteiger partial charge in [-0.1, -0.05) is 18.2 Å². The molecule has 0 saturated carbocycles. The highest BCUT2D eigenvalue weighted by Gasteiger charge is 2.09. The fourth-order valence-corrected chi connectivity index (χ4v) is 2.24. The topological polar surface area (TPSA) is 77.2 Å². The maximum absolute atomic E-state index is 12.9. The van der Waals surface area contributed by atoms with E-state index in [4.69, 9.17) is 9.15 Å². The minimum Gasteiger partial charge on any atom is -0.493 e. The Balaban J connectivity index is 1.38. The van der Waals surface area contributed by atoms with Crippen molar-refractivity contribution in [3.8, 4) is 17.2 Å². The van der Waals surface area contributed by atoms with Crippen LogP contribution in [0.5, 0.6) is 5.75 Å². The van der Waals surface area contributed by atoms with E-state index >= 15 is 0 Å². The average molecular weight is 355 g/mol. The number of para-hydroxylation sites is 1. The predicted molar refractivity (Wildman–Crippen MR) is 93.0 cm³/mol. The zero-order valence-electron chi connectivity index (χ0n) is 14.0. The second kappa shape index (κ2) is 8.75. The van der Waals surface area contributed by atoms with Crippen LogP contribution in [0.4, 0.5) is 4.39 Å². The molecule has 0 aliphatic heterocycles. The fraction of sp³-hybridized carbons (Fsp3) is 0.211. The lowest BCUT2D eigenvalue weighted by molar-refractivity contribution is -0.121. The Hall–Kier alpha value is -3.22. The van der Waals surface area contributed by atoms with Gasteiger partial charge < -0.3 is 14.5 Å². The fourth-order valence-electron chi connectivity index (χ4n) is 2.24. The summed E-state index contributed by atoms with van der Waals surface area (Å²) < 4.78 is 23.9. The number of halogens is 1. The first-order valence-electron chi connectivity index (χ1n) is 8.23. The molecule has 1 aromatic heterocycles. The molecule has 0 saturated heterocycles. The molecule has 0 fully saturated rings. The van der Waals surface area contributed by atoms with Gasteiger partial charge in [0.1, 0.15) is 11.6 Å². The number of ether oxygens (including phenoxy) is 1. The van der Waals surface area contributed by atoms with Crippen LogP contribution in [0.15, 0.2) is 59.0 Å². The molecular weight excluding hydrogens is 337 g/mol. The number of nitrogens with zero attached hydrogens (tertiary/aromatic N) is 2.